The van der Waals surface area contributed by atoms with Crippen molar-refractivity contribution < 1.29 is 4.79 Å². The van der Waals surface area contributed by atoms with Gasteiger partial charge in [-0.15, -0.1) is 0 Å². The fourth-order valence-corrected chi connectivity index (χ4v) is 3.55. The van der Waals surface area contributed by atoms with Crippen molar-refractivity contribution in [1.29, 1.82) is 0 Å². The van der Waals surface area contributed by atoms with Crippen molar-refractivity contribution in [2.24, 2.45) is 11.8 Å². The maximum absolute atomic E-state index is 12.5. The van der Waals surface area contributed by atoms with Gasteiger partial charge in [0.1, 0.15) is 0 Å². The number of carbonyl (C=O) groups excluding carboxylic acids is 1. The zero-order chi connectivity index (χ0) is 13.4. The molecule has 0 bridgehead atoms. The third-order valence-electron chi connectivity index (χ3n) is 4.28. The van der Waals surface area contributed by atoms with Crippen LogP contribution in [0.2, 0.25) is 5.02 Å². The van der Waals surface area contributed by atoms with Crippen LogP contribution in [0, 0.1) is 18.8 Å². The topological polar surface area (TPSA) is 32.3 Å². The molecule has 3 rings (SSSR count). The van der Waals surface area contributed by atoms with E-state index in [9.17, 15) is 4.79 Å². The molecule has 0 aliphatic carbocycles. The van der Waals surface area contributed by atoms with E-state index in [0.29, 0.717) is 10.9 Å². The summed E-state index contributed by atoms with van der Waals surface area (Å²) in [5.74, 6) is 1.50. The highest BCUT2D eigenvalue weighted by Crippen LogP contribution is 2.27. The minimum Gasteiger partial charge on any atom is -0.338 e. The van der Waals surface area contributed by atoms with Crippen molar-refractivity contribution in [2.75, 3.05) is 26.2 Å². The number of fused-ring (bicyclic) bond motifs is 1. The molecule has 102 valence electrons. The van der Waals surface area contributed by atoms with Gasteiger partial charge in [0.15, 0.2) is 0 Å². The second-order valence-corrected chi connectivity index (χ2v) is 6.17. The van der Waals surface area contributed by atoms with Crippen LogP contribution in [0.3, 0.4) is 0 Å². The van der Waals surface area contributed by atoms with Gasteiger partial charge < -0.3 is 10.2 Å². The summed E-state index contributed by atoms with van der Waals surface area (Å²) in [6, 6.07) is 5.58. The quantitative estimate of drug-likeness (QED) is 0.855. The number of hydrogen-bond acceptors (Lipinski definition) is 2. The van der Waals surface area contributed by atoms with Gasteiger partial charge in [-0.05, 0) is 62.0 Å². The number of nitrogens with one attached hydrogen (secondary N) is 1. The Morgan fingerprint density at radius 2 is 2.11 bits per heavy atom. The summed E-state index contributed by atoms with van der Waals surface area (Å²) in [4.78, 5) is 14.5. The molecule has 1 aromatic rings. The fourth-order valence-electron chi connectivity index (χ4n) is 3.26. The van der Waals surface area contributed by atoms with Crippen LogP contribution >= 0.6 is 11.6 Å². The predicted octanol–water partition coefficient (Wildman–Crippen LogP) is 2.33. The lowest BCUT2D eigenvalue weighted by molar-refractivity contribution is 0.0642. The summed E-state index contributed by atoms with van der Waals surface area (Å²) in [5.41, 5.74) is 1.75. The first-order valence-electron chi connectivity index (χ1n) is 6.90. The molecule has 3 nitrogen and oxygen atoms in total. The van der Waals surface area contributed by atoms with Crippen LogP contribution in [-0.4, -0.2) is 37.0 Å². The Labute approximate surface area is 118 Å². The Morgan fingerprint density at radius 3 is 2.89 bits per heavy atom. The Hall–Kier alpha value is -1.06. The lowest BCUT2D eigenvalue weighted by atomic mass is 9.88. The van der Waals surface area contributed by atoms with Crippen LogP contribution in [0.1, 0.15) is 22.3 Å². The zero-order valence-corrected chi connectivity index (χ0v) is 11.9. The second kappa shape index (κ2) is 5.14. The molecule has 0 saturated carbocycles. The molecule has 0 spiro atoms. The fraction of sp³-hybridized carbons (Fsp3) is 0.533. The van der Waals surface area contributed by atoms with Crippen molar-refractivity contribution in [3.8, 4) is 0 Å². The first kappa shape index (κ1) is 12.9. The van der Waals surface area contributed by atoms with Gasteiger partial charge in [0.2, 0.25) is 0 Å². The normalized spacial score (nSPS) is 26.3. The SMILES string of the molecule is Cc1cc(Cl)cc(C(=O)N2CCC3CNCC3C2)c1. The minimum absolute atomic E-state index is 0.121. The molecule has 2 unspecified atom stereocenters. The van der Waals surface area contributed by atoms with Crippen LogP contribution in [0.4, 0.5) is 0 Å². The molecule has 2 saturated heterocycles. The van der Waals surface area contributed by atoms with Gasteiger partial charge in [-0.1, -0.05) is 11.6 Å². The zero-order valence-electron chi connectivity index (χ0n) is 11.2. The van der Waals surface area contributed by atoms with Gasteiger partial charge in [0.25, 0.3) is 5.91 Å². The molecule has 2 fully saturated rings. The Kier molecular flexibility index (Phi) is 3.50. The van der Waals surface area contributed by atoms with E-state index in [-0.39, 0.29) is 5.91 Å². The summed E-state index contributed by atoms with van der Waals surface area (Å²) in [6.07, 6.45) is 1.11. The Bertz CT molecular complexity index is 483. The van der Waals surface area contributed by atoms with Gasteiger partial charge in [-0.3, -0.25) is 4.79 Å². The number of aryl methyl sites for hydroxylation is 1. The maximum Gasteiger partial charge on any atom is 0.253 e. The number of carbonyl (C=O) groups is 1. The number of hydrogen-bond donors (Lipinski definition) is 1. The summed E-state index contributed by atoms with van der Waals surface area (Å²) < 4.78 is 0. The number of nitrogens with zero attached hydrogens (tertiary/aromatic N) is 1. The monoisotopic (exact) mass is 278 g/mol. The first-order chi connectivity index (χ1) is 9.13. The predicted molar refractivity (Wildman–Crippen MR) is 76.6 cm³/mol. The molecule has 2 aliphatic rings. The summed E-state index contributed by atoms with van der Waals surface area (Å²) in [5, 5.41) is 4.06. The van der Waals surface area contributed by atoms with Gasteiger partial charge in [-0.25, -0.2) is 0 Å². The average molecular weight is 279 g/mol. The van der Waals surface area contributed by atoms with Crippen LogP contribution in [0.15, 0.2) is 18.2 Å². The van der Waals surface area contributed by atoms with E-state index in [1.54, 1.807) is 6.07 Å². The maximum atomic E-state index is 12.5. The Morgan fingerprint density at radius 1 is 1.32 bits per heavy atom. The molecular weight excluding hydrogens is 260 g/mol. The van der Waals surface area contributed by atoms with Crippen LogP contribution in [0.25, 0.3) is 0 Å². The van der Waals surface area contributed by atoms with Crippen molar-refractivity contribution in [3.63, 3.8) is 0 Å². The molecule has 4 heteroatoms. The first-order valence-corrected chi connectivity index (χ1v) is 7.28. The lowest BCUT2D eigenvalue weighted by Gasteiger charge is -2.34. The molecule has 0 radical (unpaired) electrons. The van der Waals surface area contributed by atoms with Gasteiger partial charge in [-0.2, -0.15) is 0 Å². The van der Waals surface area contributed by atoms with Crippen molar-refractivity contribution in [3.05, 3.63) is 34.3 Å². The van der Waals surface area contributed by atoms with E-state index in [2.05, 4.69) is 5.32 Å². The highest BCUT2D eigenvalue weighted by atomic mass is 35.5. The van der Waals surface area contributed by atoms with E-state index in [1.807, 2.05) is 24.0 Å². The number of likely N-dealkylation sites (tertiary alicyclic amines) is 1. The minimum atomic E-state index is 0.121. The molecule has 1 amide bonds. The molecule has 2 atom stereocenters. The number of benzene rings is 1. The number of halogens is 1. The van der Waals surface area contributed by atoms with Crippen LogP contribution in [0.5, 0.6) is 0 Å². The largest absolute Gasteiger partial charge is 0.338 e. The molecule has 1 N–H and O–H groups in total. The van der Waals surface area contributed by atoms with E-state index >= 15 is 0 Å². The number of amides is 1. The smallest absolute Gasteiger partial charge is 0.253 e. The van der Waals surface area contributed by atoms with E-state index in [0.717, 1.165) is 49.6 Å². The summed E-state index contributed by atoms with van der Waals surface area (Å²) >= 11 is 6.04. The number of piperidine rings is 1. The Balaban J connectivity index is 1.76. The van der Waals surface area contributed by atoms with Crippen molar-refractivity contribution in [1.82, 2.24) is 10.2 Å². The molecule has 2 heterocycles. The molecular formula is C15H19ClN2O. The van der Waals surface area contributed by atoms with Gasteiger partial charge in [0.05, 0.1) is 0 Å². The van der Waals surface area contributed by atoms with Crippen molar-refractivity contribution >= 4 is 17.5 Å². The average Bonchev–Trinajstić information content (AvgIpc) is 2.83. The van der Waals surface area contributed by atoms with E-state index < -0.39 is 0 Å². The summed E-state index contributed by atoms with van der Waals surface area (Å²) in [7, 11) is 0. The lowest BCUT2D eigenvalue weighted by Crippen LogP contribution is -2.43. The molecule has 0 aromatic heterocycles. The number of rotatable bonds is 1. The van der Waals surface area contributed by atoms with Crippen molar-refractivity contribution in [2.45, 2.75) is 13.3 Å². The van der Waals surface area contributed by atoms with Crippen LogP contribution in [-0.2, 0) is 0 Å². The third kappa shape index (κ3) is 2.63. The van der Waals surface area contributed by atoms with Gasteiger partial charge in [0, 0.05) is 23.7 Å². The highest BCUT2D eigenvalue weighted by molar-refractivity contribution is 6.31. The van der Waals surface area contributed by atoms with E-state index in [1.165, 1.54) is 0 Å². The summed E-state index contributed by atoms with van der Waals surface area (Å²) in [6.45, 7) is 5.87. The molecule has 1 aromatic carbocycles. The van der Waals surface area contributed by atoms with E-state index in [4.69, 9.17) is 11.6 Å². The van der Waals surface area contributed by atoms with Crippen LogP contribution < -0.4 is 5.32 Å². The molecule has 19 heavy (non-hydrogen) atoms. The molecule has 2 aliphatic heterocycles. The third-order valence-corrected chi connectivity index (χ3v) is 4.50. The second-order valence-electron chi connectivity index (χ2n) is 5.74. The highest BCUT2D eigenvalue weighted by Gasteiger charge is 2.34. The standard InChI is InChI=1S/C15H19ClN2O/c1-10-4-12(6-14(16)5-10)15(19)18-3-2-11-7-17-8-13(11)9-18/h4-6,11,13,17H,2-3,7-9H2,1H3. The van der Waals surface area contributed by atoms with Gasteiger partial charge >= 0.3 is 0 Å².